The number of hydrogen-bond acceptors (Lipinski definition) is 2. The summed E-state index contributed by atoms with van der Waals surface area (Å²) in [6.07, 6.45) is 5.86. The number of nitrogens with one attached hydrogen (secondary N) is 1. The van der Waals surface area contributed by atoms with Gasteiger partial charge in [-0.15, -0.1) is 0 Å². The summed E-state index contributed by atoms with van der Waals surface area (Å²) >= 11 is 0. The first-order valence-corrected chi connectivity index (χ1v) is 6.63. The van der Waals surface area contributed by atoms with E-state index in [0.717, 1.165) is 18.8 Å². The third kappa shape index (κ3) is 2.31. The number of fused-ring (bicyclic) bond motifs is 1. The second-order valence-electron chi connectivity index (χ2n) is 4.99. The van der Waals surface area contributed by atoms with Gasteiger partial charge in [-0.1, -0.05) is 18.2 Å². The van der Waals surface area contributed by atoms with Gasteiger partial charge in [0.05, 0.1) is 12.2 Å². The Morgan fingerprint density at radius 1 is 1.22 bits per heavy atom. The average Bonchev–Trinajstić information content (AvgIpc) is 2.98. The van der Waals surface area contributed by atoms with Crippen LogP contribution in [0, 0.1) is 0 Å². The van der Waals surface area contributed by atoms with Gasteiger partial charge in [-0.05, 0) is 49.1 Å². The van der Waals surface area contributed by atoms with Crippen molar-refractivity contribution in [3.05, 3.63) is 52.8 Å². The van der Waals surface area contributed by atoms with Gasteiger partial charge in [0.15, 0.2) is 0 Å². The highest BCUT2D eigenvalue weighted by Gasteiger charge is 2.10. The molecule has 0 saturated carbocycles. The van der Waals surface area contributed by atoms with E-state index >= 15 is 0 Å². The van der Waals surface area contributed by atoms with Gasteiger partial charge in [-0.3, -0.25) is 4.68 Å². The molecule has 0 aliphatic heterocycles. The molecule has 0 bridgehead atoms. The van der Waals surface area contributed by atoms with Crippen molar-refractivity contribution < 1.29 is 0 Å². The second-order valence-corrected chi connectivity index (χ2v) is 4.99. The monoisotopic (exact) mass is 241 g/mol. The fourth-order valence-corrected chi connectivity index (χ4v) is 2.68. The van der Waals surface area contributed by atoms with E-state index in [9.17, 15) is 0 Å². The Hall–Kier alpha value is -1.61. The molecule has 94 valence electrons. The van der Waals surface area contributed by atoms with E-state index < -0.39 is 0 Å². The number of nitrogens with zero attached hydrogens (tertiary/aromatic N) is 2. The summed E-state index contributed by atoms with van der Waals surface area (Å²) in [6, 6.07) is 8.95. The van der Waals surface area contributed by atoms with Gasteiger partial charge in [-0.2, -0.15) is 5.10 Å². The maximum Gasteiger partial charge on any atom is 0.0762 e. The molecular weight excluding hydrogens is 222 g/mol. The Morgan fingerprint density at radius 2 is 2.11 bits per heavy atom. The lowest BCUT2D eigenvalue weighted by molar-refractivity contribution is 0.658. The molecule has 3 heteroatoms. The Labute approximate surface area is 108 Å². The van der Waals surface area contributed by atoms with Crippen molar-refractivity contribution in [1.29, 1.82) is 0 Å². The molecule has 0 amide bonds. The summed E-state index contributed by atoms with van der Waals surface area (Å²) in [6.45, 7) is 1.70. The molecule has 0 unspecified atom stereocenters. The first-order chi connectivity index (χ1) is 8.85. The topological polar surface area (TPSA) is 29.9 Å². The summed E-state index contributed by atoms with van der Waals surface area (Å²) in [4.78, 5) is 0. The molecule has 1 aliphatic rings. The maximum atomic E-state index is 4.54. The quantitative estimate of drug-likeness (QED) is 0.888. The molecule has 1 heterocycles. The third-order valence-electron chi connectivity index (χ3n) is 3.56. The molecule has 1 aromatic heterocycles. The van der Waals surface area contributed by atoms with E-state index in [1.807, 2.05) is 11.7 Å². The first-order valence-electron chi connectivity index (χ1n) is 6.63. The van der Waals surface area contributed by atoms with Crippen molar-refractivity contribution in [3.63, 3.8) is 0 Å². The Balaban J connectivity index is 1.75. The van der Waals surface area contributed by atoms with Crippen molar-refractivity contribution in [2.24, 2.45) is 0 Å². The van der Waals surface area contributed by atoms with E-state index in [-0.39, 0.29) is 0 Å². The van der Waals surface area contributed by atoms with Crippen LogP contribution in [-0.2, 0) is 25.9 Å². The van der Waals surface area contributed by atoms with Gasteiger partial charge in [0, 0.05) is 12.7 Å². The minimum atomic E-state index is 0.831. The highest BCUT2D eigenvalue weighted by atomic mass is 15.3. The second kappa shape index (κ2) is 4.94. The van der Waals surface area contributed by atoms with Crippen LogP contribution >= 0.6 is 0 Å². The molecule has 0 fully saturated rings. The lowest BCUT2D eigenvalue weighted by Crippen LogP contribution is -2.07. The Kier molecular flexibility index (Phi) is 3.15. The standard InChI is InChI=1S/C15H19N3/c1-16-10-15-7-8-18(17-15)11-12-5-6-13-3-2-4-14(13)9-12/h5-9,16H,2-4,10-11H2,1H3. The van der Waals surface area contributed by atoms with Crippen LogP contribution in [0.25, 0.3) is 0 Å². The highest BCUT2D eigenvalue weighted by molar-refractivity contribution is 5.35. The number of rotatable bonds is 4. The molecule has 0 radical (unpaired) electrons. The van der Waals surface area contributed by atoms with Crippen LogP contribution in [0.2, 0.25) is 0 Å². The van der Waals surface area contributed by atoms with Crippen molar-refractivity contribution >= 4 is 0 Å². The summed E-state index contributed by atoms with van der Waals surface area (Å²) in [5.41, 5.74) is 5.53. The molecule has 1 aromatic carbocycles. The van der Waals surface area contributed by atoms with Gasteiger partial charge in [0.2, 0.25) is 0 Å². The zero-order chi connectivity index (χ0) is 12.4. The largest absolute Gasteiger partial charge is 0.314 e. The number of aromatic nitrogens is 2. The van der Waals surface area contributed by atoms with Crippen LogP contribution in [0.5, 0.6) is 0 Å². The van der Waals surface area contributed by atoms with E-state index in [1.54, 1.807) is 0 Å². The molecule has 2 aromatic rings. The number of hydrogen-bond donors (Lipinski definition) is 1. The minimum Gasteiger partial charge on any atom is -0.314 e. The van der Waals surface area contributed by atoms with Crippen molar-refractivity contribution in [2.45, 2.75) is 32.4 Å². The Bertz CT molecular complexity index is 542. The van der Waals surface area contributed by atoms with Crippen LogP contribution in [-0.4, -0.2) is 16.8 Å². The minimum absolute atomic E-state index is 0.831. The summed E-state index contributed by atoms with van der Waals surface area (Å²) in [7, 11) is 1.94. The number of benzene rings is 1. The molecule has 1 aliphatic carbocycles. The van der Waals surface area contributed by atoms with E-state index in [0.29, 0.717) is 0 Å². The summed E-state index contributed by atoms with van der Waals surface area (Å²) in [5, 5.41) is 7.66. The van der Waals surface area contributed by atoms with E-state index in [2.05, 4.69) is 40.9 Å². The molecule has 1 N–H and O–H groups in total. The normalized spacial score (nSPS) is 13.8. The SMILES string of the molecule is CNCc1ccn(Cc2ccc3c(c2)CCC3)n1. The Morgan fingerprint density at radius 3 is 3.00 bits per heavy atom. The maximum absolute atomic E-state index is 4.54. The van der Waals surface area contributed by atoms with Crippen LogP contribution in [0.1, 0.15) is 28.8 Å². The molecule has 0 atom stereocenters. The molecule has 18 heavy (non-hydrogen) atoms. The third-order valence-corrected chi connectivity index (χ3v) is 3.56. The zero-order valence-corrected chi connectivity index (χ0v) is 10.8. The van der Waals surface area contributed by atoms with Crippen molar-refractivity contribution in [3.8, 4) is 0 Å². The van der Waals surface area contributed by atoms with Crippen LogP contribution in [0.3, 0.4) is 0 Å². The van der Waals surface area contributed by atoms with Crippen LogP contribution in [0.4, 0.5) is 0 Å². The number of aryl methyl sites for hydroxylation is 2. The van der Waals surface area contributed by atoms with Gasteiger partial charge < -0.3 is 5.32 Å². The van der Waals surface area contributed by atoms with Gasteiger partial charge in [-0.25, -0.2) is 0 Å². The molecular formula is C15H19N3. The van der Waals surface area contributed by atoms with Crippen LogP contribution < -0.4 is 5.32 Å². The molecule has 3 nitrogen and oxygen atoms in total. The predicted molar refractivity (Wildman–Crippen MR) is 72.6 cm³/mol. The van der Waals surface area contributed by atoms with E-state index in [1.165, 1.54) is 36.0 Å². The highest BCUT2D eigenvalue weighted by Crippen LogP contribution is 2.23. The average molecular weight is 241 g/mol. The molecule has 3 rings (SSSR count). The zero-order valence-electron chi connectivity index (χ0n) is 10.8. The lowest BCUT2D eigenvalue weighted by Gasteiger charge is -2.05. The van der Waals surface area contributed by atoms with Crippen LogP contribution in [0.15, 0.2) is 30.5 Å². The van der Waals surface area contributed by atoms with Gasteiger partial charge in [0.1, 0.15) is 0 Å². The lowest BCUT2D eigenvalue weighted by atomic mass is 10.1. The first kappa shape index (κ1) is 11.5. The summed E-state index contributed by atoms with van der Waals surface area (Å²) < 4.78 is 2.02. The van der Waals surface area contributed by atoms with Gasteiger partial charge >= 0.3 is 0 Å². The fourth-order valence-electron chi connectivity index (χ4n) is 2.68. The van der Waals surface area contributed by atoms with E-state index in [4.69, 9.17) is 0 Å². The smallest absolute Gasteiger partial charge is 0.0762 e. The van der Waals surface area contributed by atoms with Crippen molar-refractivity contribution in [1.82, 2.24) is 15.1 Å². The summed E-state index contributed by atoms with van der Waals surface area (Å²) in [5.74, 6) is 0. The predicted octanol–water partition coefficient (Wildman–Crippen LogP) is 2.14. The molecule has 0 saturated heterocycles. The fraction of sp³-hybridized carbons (Fsp3) is 0.400. The molecule has 0 spiro atoms. The van der Waals surface area contributed by atoms with Gasteiger partial charge in [0.25, 0.3) is 0 Å². The van der Waals surface area contributed by atoms with Crippen molar-refractivity contribution in [2.75, 3.05) is 7.05 Å².